The summed E-state index contributed by atoms with van der Waals surface area (Å²) in [5, 5.41) is 0. The van der Waals surface area contributed by atoms with Crippen molar-refractivity contribution in [2.75, 3.05) is 20.6 Å². The molecular formula is C20H23F3N2O2. The van der Waals surface area contributed by atoms with Crippen LogP contribution in [0.1, 0.15) is 31.2 Å². The Morgan fingerprint density at radius 2 is 1.81 bits per heavy atom. The van der Waals surface area contributed by atoms with Gasteiger partial charge in [-0.2, -0.15) is 0 Å². The van der Waals surface area contributed by atoms with E-state index in [1.54, 1.807) is 11.1 Å². The largest absolute Gasteiger partial charge is 0.383 e. The van der Waals surface area contributed by atoms with Gasteiger partial charge in [-0.15, -0.1) is 0 Å². The first-order valence-corrected chi connectivity index (χ1v) is 9.10. The molecule has 2 fully saturated rings. The molecule has 7 heteroatoms. The third-order valence-corrected chi connectivity index (χ3v) is 5.28. The van der Waals surface area contributed by atoms with Gasteiger partial charge in [-0.05, 0) is 25.7 Å². The van der Waals surface area contributed by atoms with E-state index in [1.165, 1.54) is 0 Å². The van der Waals surface area contributed by atoms with Gasteiger partial charge in [-0.3, -0.25) is 9.59 Å². The number of nitrogens with zero attached hydrogens (tertiary/aromatic N) is 2. The predicted octanol–water partition coefficient (Wildman–Crippen LogP) is 3.06. The van der Waals surface area contributed by atoms with Crippen LogP contribution in [0.4, 0.5) is 13.2 Å². The minimum Gasteiger partial charge on any atom is -0.383 e. The van der Waals surface area contributed by atoms with Crippen molar-refractivity contribution in [2.45, 2.75) is 38.1 Å². The van der Waals surface area contributed by atoms with E-state index in [-0.39, 0.29) is 29.7 Å². The average molecular weight is 380 g/mol. The molecule has 1 aliphatic heterocycles. The smallest absolute Gasteiger partial charge is 0.226 e. The van der Waals surface area contributed by atoms with Crippen LogP contribution in [0.5, 0.6) is 0 Å². The fourth-order valence-corrected chi connectivity index (χ4v) is 3.96. The van der Waals surface area contributed by atoms with Crippen molar-refractivity contribution in [1.29, 1.82) is 0 Å². The second-order valence-electron chi connectivity index (χ2n) is 7.51. The molecule has 1 saturated carbocycles. The molecule has 1 aromatic carbocycles. The normalized spacial score (nSPS) is 24.8. The fraction of sp³-hybridized carbons (Fsp3) is 0.500. The van der Waals surface area contributed by atoms with E-state index in [9.17, 15) is 22.8 Å². The molecule has 27 heavy (non-hydrogen) atoms. The molecule has 3 rings (SSSR count). The number of halogens is 3. The molecule has 4 nitrogen and oxygen atoms in total. The molecule has 0 aromatic heterocycles. The van der Waals surface area contributed by atoms with Crippen LogP contribution in [0, 0.1) is 23.4 Å². The summed E-state index contributed by atoms with van der Waals surface area (Å²) in [6, 6.07) is 1.20. The average Bonchev–Trinajstić information content (AvgIpc) is 2.93. The number of hydrogen-bond acceptors (Lipinski definition) is 3. The number of amides is 1. The zero-order chi connectivity index (χ0) is 19.7. The highest BCUT2D eigenvalue weighted by atomic mass is 19.1. The maximum Gasteiger partial charge on any atom is 0.226 e. The van der Waals surface area contributed by atoms with Gasteiger partial charge in [0, 0.05) is 68.5 Å². The Kier molecular flexibility index (Phi) is 5.58. The minimum absolute atomic E-state index is 0.0747. The highest BCUT2D eigenvalue weighted by molar-refractivity contribution is 5.96. The Bertz CT molecular complexity index is 768. The maximum absolute atomic E-state index is 13.9. The van der Waals surface area contributed by atoms with Crippen molar-refractivity contribution in [2.24, 2.45) is 5.92 Å². The lowest BCUT2D eigenvalue weighted by molar-refractivity contribution is -0.134. The summed E-state index contributed by atoms with van der Waals surface area (Å²) in [5.41, 5.74) is 0.451. The van der Waals surface area contributed by atoms with Crippen molar-refractivity contribution < 1.29 is 22.8 Å². The summed E-state index contributed by atoms with van der Waals surface area (Å²) in [6.07, 6.45) is 3.68. The lowest BCUT2D eigenvalue weighted by Crippen LogP contribution is -2.41. The second-order valence-corrected chi connectivity index (χ2v) is 7.51. The van der Waals surface area contributed by atoms with Crippen LogP contribution in [0.25, 0.3) is 0 Å². The van der Waals surface area contributed by atoms with Crippen molar-refractivity contribution >= 4 is 11.7 Å². The predicted molar refractivity (Wildman–Crippen MR) is 94.3 cm³/mol. The van der Waals surface area contributed by atoms with Gasteiger partial charge in [0.05, 0.1) is 0 Å². The SMILES string of the molecule is CN(C)C=C1CC(N2CCC(Cc3c(F)cc(F)cc3F)C2=O)CCC1=O. The number of benzene rings is 1. The number of likely N-dealkylation sites (tertiary alicyclic amines) is 1. The molecule has 0 radical (unpaired) electrons. The summed E-state index contributed by atoms with van der Waals surface area (Å²) < 4.78 is 40.9. The Hall–Kier alpha value is -2.31. The molecule has 146 valence electrons. The Balaban J connectivity index is 1.71. The molecule has 0 N–H and O–H groups in total. The minimum atomic E-state index is -0.972. The van der Waals surface area contributed by atoms with Crippen molar-refractivity contribution in [3.05, 3.63) is 46.9 Å². The van der Waals surface area contributed by atoms with Gasteiger partial charge >= 0.3 is 0 Å². The zero-order valence-electron chi connectivity index (χ0n) is 15.5. The number of Topliss-reactive ketones (excluding diaryl/α,β-unsaturated/α-hetero) is 1. The Labute approximate surface area is 156 Å². The maximum atomic E-state index is 13.9. The van der Waals surface area contributed by atoms with Gasteiger partial charge in [0.1, 0.15) is 17.5 Å². The van der Waals surface area contributed by atoms with Gasteiger partial charge in [0.25, 0.3) is 0 Å². The molecule has 2 atom stereocenters. The first-order chi connectivity index (χ1) is 12.8. The summed E-state index contributed by atoms with van der Waals surface area (Å²) >= 11 is 0. The van der Waals surface area contributed by atoms with Gasteiger partial charge < -0.3 is 9.80 Å². The highest BCUT2D eigenvalue weighted by Gasteiger charge is 2.39. The lowest BCUT2D eigenvalue weighted by Gasteiger charge is -2.32. The zero-order valence-corrected chi connectivity index (χ0v) is 15.5. The second kappa shape index (κ2) is 7.74. The van der Waals surface area contributed by atoms with E-state index in [4.69, 9.17) is 0 Å². The Morgan fingerprint density at radius 1 is 1.15 bits per heavy atom. The number of hydrogen-bond donors (Lipinski definition) is 0. The van der Waals surface area contributed by atoms with Crippen molar-refractivity contribution in [1.82, 2.24) is 9.80 Å². The summed E-state index contributed by atoms with van der Waals surface area (Å²) in [4.78, 5) is 28.4. The van der Waals surface area contributed by atoms with Crippen molar-refractivity contribution in [3.8, 4) is 0 Å². The molecular weight excluding hydrogens is 357 g/mol. The molecule has 1 aliphatic carbocycles. The molecule has 1 aromatic rings. The van der Waals surface area contributed by atoms with Gasteiger partial charge in [0.15, 0.2) is 5.78 Å². The van der Waals surface area contributed by atoms with E-state index >= 15 is 0 Å². The van der Waals surface area contributed by atoms with E-state index in [0.29, 0.717) is 49.9 Å². The summed E-state index contributed by atoms with van der Waals surface area (Å²) in [6.45, 7) is 0.502. The van der Waals surface area contributed by atoms with Crippen LogP contribution in [-0.2, 0) is 16.0 Å². The van der Waals surface area contributed by atoms with Crippen LogP contribution in [0.2, 0.25) is 0 Å². The molecule has 2 unspecified atom stereocenters. The number of carbonyl (C=O) groups is 2. The standard InChI is InChI=1S/C20H23F3N2O2/c1-24(2)11-13-7-15(3-4-19(13)26)25-6-5-12(20(25)27)8-16-17(22)9-14(21)10-18(16)23/h9-12,15H,3-8H2,1-2H3. The first-order valence-electron chi connectivity index (χ1n) is 9.10. The van der Waals surface area contributed by atoms with Gasteiger partial charge in [-0.1, -0.05) is 0 Å². The third kappa shape index (κ3) is 4.17. The summed E-state index contributed by atoms with van der Waals surface area (Å²) in [7, 11) is 3.68. The van der Waals surface area contributed by atoms with Crippen LogP contribution in [0.3, 0.4) is 0 Å². The van der Waals surface area contributed by atoms with Crippen molar-refractivity contribution in [3.63, 3.8) is 0 Å². The van der Waals surface area contributed by atoms with E-state index in [0.717, 1.165) is 0 Å². The molecule has 1 saturated heterocycles. The van der Waals surface area contributed by atoms with Crippen LogP contribution >= 0.6 is 0 Å². The summed E-state index contributed by atoms with van der Waals surface area (Å²) in [5.74, 6) is -3.48. The lowest BCUT2D eigenvalue weighted by atomic mass is 9.89. The molecule has 0 bridgehead atoms. The van der Waals surface area contributed by atoms with Gasteiger partial charge in [0.2, 0.25) is 5.91 Å². The van der Waals surface area contributed by atoms with E-state index < -0.39 is 23.4 Å². The Morgan fingerprint density at radius 3 is 2.44 bits per heavy atom. The monoisotopic (exact) mass is 380 g/mol. The fourth-order valence-electron chi connectivity index (χ4n) is 3.96. The quantitative estimate of drug-likeness (QED) is 0.754. The van der Waals surface area contributed by atoms with E-state index in [2.05, 4.69) is 0 Å². The molecule has 1 heterocycles. The van der Waals surface area contributed by atoms with Crippen LogP contribution in [-0.4, -0.2) is 48.2 Å². The van der Waals surface area contributed by atoms with E-state index in [1.807, 2.05) is 19.0 Å². The van der Waals surface area contributed by atoms with Crippen LogP contribution in [0.15, 0.2) is 23.9 Å². The highest BCUT2D eigenvalue weighted by Crippen LogP contribution is 2.32. The number of ketones is 1. The molecule has 2 aliphatic rings. The topological polar surface area (TPSA) is 40.6 Å². The number of carbonyl (C=O) groups excluding carboxylic acids is 2. The number of rotatable bonds is 4. The molecule has 1 amide bonds. The third-order valence-electron chi connectivity index (χ3n) is 5.28. The first kappa shape index (κ1) is 19.5. The van der Waals surface area contributed by atoms with Crippen LogP contribution < -0.4 is 0 Å². The molecule has 0 spiro atoms. The van der Waals surface area contributed by atoms with Gasteiger partial charge in [-0.25, -0.2) is 13.2 Å².